The van der Waals surface area contributed by atoms with E-state index in [9.17, 15) is 4.79 Å². The molecule has 0 unspecified atom stereocenters. The van der Waals surface area contributed by atoms with E-state index in [-0.39, 0.29) is 18.0 Å². The van der Waals surface area contributed by atoms with Gasteiger partial charge in [0.05, 0.1) is 24.0 Å². The minimum atomic E-state index is -0.138. The van der Waals surface area contributed by atoms with Gasteiger partial charge < -0.3 is 20.1 Å². The number of hydrogen-bond acceptors (Lipinski definition) is 4. The van der Waals surface area contributed by atoms with Crippen LogP contribution in [0.1, 0.15) is 36.1 Å². The van der Waals surface area contributed by atoms with Crippen LogP contribution in [0.25, 0.3) is 0 Å². The molecular formula is C26H24N6OS. The second kappa shape index (κ2) is 9.44. The van der Waals surface area contributed by atoms with Crippen LogP contribution >= 0.6 is 12.2 Å². The zero-order valence-corrected chi connectivity index (χ0v) is 19.4. The summed E-state index contributed by atoms with van der Waals surface area (Å²) in [5.41, 5.74) is 4.66. The van der Waals surface area contributed by atoms with E-state index in [1.165, 1.54) is 6.92 Å². The highest BCUT2D eigenvalue weighted by Crippen LogP contribution is 2.41. The van der Waals surface area contributed by atoms with Crippen molar-refractivity contribution in [2.24, 2.45) is 0 Å². The van der Waals surface area contributed by atoms with Crippen LogP contribution in [0.2, 0.25) is 0 Å². The smallest absolute Gasteiger partial charge is 0.221 e. The SMILES string of the molecule is CC(=O)Nc1ccc(N2C(=S)N[C@H](c3ccccn3)[C@H]2c2cccn2Cc2ccccn2)cc1. The standard InChI is InChI=1S/C26H24N6OS/c1-18(33)29-19-10-12-21(13-11-19)32-25(24(30-26(32)34)22-8-3-5-15-28-22)23-9-6-16-31(23)17-20-7-2-4-14-27-20/h2-16,24-25H,17H2,1H3,(H,29,33)(H,30,34)/t24-,25-/m1/s1. The number of thiocarbonyl (C=S) groups is 1. The lowest BCUT2D eigenvalue weighted by Crippen LogP contribution is -2.30. The lowest BCUT2D eigenvalue weighted by atomic mass is 10.0. The molecule has 0 spiro atoms. The normalized spacial score (nSPS) is 17.4. The number of aromatic nitrogens is 3. The molecule has 0 saturated carbocycles. The maximum atomic E-state index is 11.4. The molecule has 1 fully saturated rings. The Morgan fingerprint density at radius 2 is 1.76 bits per heavy atom. The minimum absolute atomic E-state index is 0.105. The van der Waals surface area contributed by atoms with E-state index in [4.69, 9.17) is 12.2 Å². The second-order valence-electron chi connectivity index (χ2n) is 8.11. The zero-order chi connectivity index (χ0) is 23.5. The molecule has 0 aliphatic carbocycles. The van der Waals surface area contributed by atoms with Gasteiger partial charge in [0, 0.05) is 42.6 Å². The van der Waals surface area contributed by atoms with Gasteiger partial charge in [0.2, 0.25) is 5.91 Å². The van der Waals surface area contributed by atoms with Crippen molar-refractivity contribution < 1.29 is 4.79 Å². The van der Waals surface area contributed by atoms with Crippen molar-refractivity contribution in [1.29, 1.82) is 0 Å². The number of carbonyl (C=O) groups excluding carboxylic acids is 1. The molecule has 8 heteroatoms. The lowest BCUT2D eigenvalue weighted by Gasteiger charge is -2.29. The van der Waals surface area contributed by atoms with Gasteiger partial charge in [-0.05, 0) is 72.9 Å². The van der Waals surface area contributed by atoms with Gasteiger partial charge >= 0.3 is 0 Å². The summed E-state index contributed by atoms with van der Waals surface area (Å²) < 4.78 is 2.21. The summed E-state index contributed by atoms with van der Waals surface area (Å²) in [6, 6.07) is 23.5. The van der Waals surface area contributed by atoms with Crippen LogP contribution in [0.15, 0.2) is 91.4 Å². The van der Waals surface area contributed by atoms with E-state index in [0.717, 1.165) is 28.5 Å². The number of benzene rings is 1. The number of nitrogens with zero attached hydrogens (tertiary/aromatic N) is 4. The van der Waals surface area contributed by atoms with Crippen molar-refractivity contribution in [3.8, 4) is 0 Å². The van der Waals surface area contributed by atoms with Gasteiger partial charge in [0.15, 0.2) is 5.11 Å². The van der Waals surface area contributed by atoms with Crippen molar-refractivity contribution in [3.63, 3.8) is 0 Å². The molecular weight excluding hydrogens is 444 g/mol. The first-order valence-corrected chi connectivity index (χ1v) is 11.4. The van der Waals surface area contributed by atoms with Crippen molar-refractivity contribution >= 4 is 34.6 Å². The van der Waals surface area contributed by atoms with Gasteiger partial charge in [0.1, 0.15) is 6.04 Å². The Morgan fingerprint density at radius 1 is 1.00 bits per heavy atom. The average Bonchev–Trinajstić information content (AvgIpc) is 3.44. The highest BCUT2D eigenvalue weighted by molar-refractivity contribution is 7.80. The number of pyridine rings is 2. The van der Waals surface area contributed by atoms with Crippen LogP contribution < -0.4 is 15.5 Å². The molecule has 2 atom stereocenters. The zero-order valence-electron chi connectivity index (χ0n) is 18.6. The van der Waals surface area contributed by atoms with Crippen LogP contribution in [-0.2, 0) is 11.3 Å². The Kier molecular flexibility index (Phi) is 6.05. The molecule has 34 heavy (non-hydrogen) atoms. The van der Waals surface area contributed by atoms with Crippen molar-refractivity contribution in [3.05, 3.63) is 108 Å². The van der Waals surface area contributed by atoms with Crippen LogP contribution in [0, 0.1) is 0 Å². The molecule has 3 aromatic heterocycles. The van der Waals surface area contributed by atoms with Gasteiger partial charge in [-0.2, -0.15) is 0 Å². The van der Waals surface area contributed by atoms with Crippen LogP contribution in [0.5, 0.6) is 0 Å². The summed E-state index contributed by atoms with van der Waals surface area (Å²) in [6.07, 6.45) is 5.68. The number of anilines is 2. The van der Waals surface area contributed by atoms with Gasteiger partial charge in [0.25, 0.3) is 0 Å². The van der Waals surface area contributed by atoms with Gasteiger partial charge in [-0.25, -0.2) is 0 Å². The molecule has 1 amide bonds. The van der Waals surface area contributed by atoms with Crippen molar-refractivity contribution in [2.45, 2.75) is 25.6 Å². The van der Waals surface area contributed by atoms with E-state index in [2.05, 4.69) is 42.3 Å². The first kappa shape index (κ1) is 21.8. The van der Waals surface area contributed by atoms with E-state index >= 15 is 0 Å². The van der Waals surface area contributed by atoms with Gasteiger partial charge in [-0.1, -0.05) is 12.1 Å². The predicted octanol–water partition coefficient (Wildman–Crippen LogP) is 4.46. The number of rotatable bonds is 6. The monoisotopic (exact) mass is 468 g/mol. The van der Waals surface area contributed by atoms with Crippen LogP contribution in [-0.4, -0.2) is 25.6 Å². The number of amides is 1. The maximum Gasteiger partial charge on any atom is 0.221 e. The van der Waals surface area contributed by atoms with E-state index in [0.29, 0.717) is 11.7 Å². The Labute approximate surface area is 203 Å². The summed E-state index contributed by atoms with van der Waals surface area (Å²) in [4.78, 5) is 22.7. The first-order valence-electron chi connectivity index (χ1n) is 11.0. The van der Waals surface area contributed by atoms with Crippen molar-refractivity contribution in [1.82, 2.24) is 19.9 Å². The highest BCUT2D eigenvalue weighted by Gasteiger charge is 2.42. The van der Waals surface area contributed by atoms with E-state index in [1.807, 2.05) is 72.9 Å². The summed E-state index contributed by atoms with van der Waals surface area (Å²) in [5, 5.41) is 6.93. The summed E-state index contributed by atoms with van der Waals surface area (Å²) in [6.45, 7) is 2.15. The summed E-state index contributed by atoms with van der Waals surface area (Å²) >= 11 is 5.82. The summed E-state index contributed by atoms with van der Waals surface area (Å²) in [5.74, 6) is -0.105. The fraction of sp³-hybridized carbons (Fsp3) is 0.154. The third kappa shape index (κ3) is 4.40. The van der Waals surface area contributed by atoms with Gasteiger partial charge in [-0.3, -0.25) is 14.8 Å². The Bertz CT molecular complexity index is 1290. The third-order valence-corrected chi connectivity index (χ3v) is 6.10. The molecule has 0 bridgehead atoms. The number of hydrogen-bond donors (Lipinski definition) is 2. The molecule has 1 aliphatic heterocycles. The molecule has 2 N–H and O–H groups in total. The van der Waals surface area contributed by atoms with Crippen LogP contribution in [0.4, 0.5) is 11.4 Å². The van der Waals surface area contributed by atoms with E-state index in [1.54, 1.807) is 6.20 Å². The number of carbonyl (C=O) groups is 1. The number of nitrogens with one attached hydrogen (secondary N) is 2. The summed E-state index contributed by atoms with van der Waals surface area (Å²) in [7, 11) is 0. The quantitative estimate of drug-likeness (QED) is 0.407. The molecule has 170 valence electrons. The Morgan fingerprint density at radius 3 is 2.44 bits per heavy atom. The largest absolute Gasteiger partial charge is 0.351 e. The molecule has 7 nitrogen and oxygen atoms in total. The Hall–Kier alpha value is -4.04. The average molecular weight is 469 g/mol. The predicted molar refractivity (Wildman–Crippen MR) is 136 cm³/mol. The molecule has 1 aromatic carbocycles. The van der Waals surface area contributed by atoms with Gasteiger partial charge in [-0.15, -0.1) is 0 Å². The second-order valence-corrected chi connectivity index (χ2v) is 8.49. The molecule has 4 heterocycles. The highest BCUT2D eigenvalue weighted by atomic mass is 32.1. The first-order chi connectivity index (χ1) is 16.6. The van der Waals surface area contributed by atoms with Crippen molar-refractivity contribution in [2.75, 3.05) is 10.2 Å². The maximum absolute atomic E-state index is 11.4. The van der Waals surface area contributed by atoms with Crippen LogP contribution in [0.3, 0.4) is 0 Å². The molecule has 1 aliphatic rings. The fourth-order valence-electron chi connectivity index (χ4n) is 4.35. The molecule has 4 aromatic rings. The fourth-order valence-corrected chi connectivity index (χ4v) is 4.69. The molecule has 1 saturated heterocycles. The van der Waals surface area contributed by atoms with E-state index < -0.39 is 0 Å². The molecule has 0 radical (unpaired) electrons. The topological polar surface area (TPSA) is 75.1 Å². The Balaban J connectivity index is 1.56. The lowest BCUT2D eigenvalue weighted by molar-refractivity contribution is -0.114. The molecule has 5 rings (SSSR count). The minimum Gasteiger partial charge on any atom is -0.351 e. The third-order valence-electron chi connectivity index (χ3n) is 5.79.